The third kappa shape index (κ3) is 2.33. The second-order valence-electron chi connectivity index (χ2n) is 5.60. The fourth-order valence-electron chi connectivity index (χ4n) is 2.96. The van der Waals surface area contributed by atoms with Crippen molar-refractivity contribution in [2.45, 2.75) is 12.0 Å². The van der Waals surface area contributed by atoms with E-state index in [0.29, 0.717) is 11.2 Å². The largest absolute Gasteiger partial charge is 0.367 e. The Labute approximate surface area is 141 Å². The van der Waals surface area contributed by atoms with E-state index >= 15 is 0 Å². The lowest BCUT2D eigenvalue weighted by molar-refractivity contribution is -0.124. The fraction of sp³-hybridized carbons (Fsp3) is 0.125. The van der Waals surface area contributed by atoms with Gasteiger partial charge in [0.1, 0.15) is 5.52 Å². The maximum atomic E-state index is 12.7. The van der Waals surface area contributed by atoms with Crippen molar-refractivity contribution < 1.29 is 4.79 Å². The van der Waals surface area contributed by atoms with Gasteiger partial charge in [-0.05, 0) is 28.1 Å². The first-order valence-electron chi connectivity index (χ1n) is 7.58. The number of rotatable bonds is 5. The number of nitrogens with two attached hydrogens (primary N) is 1. The molecule has 0 aliphatic carbocycles. The number of aromatic amines is 1. The van der Waals surface area contributed by atoms with Crippen molar-refractivity contribution in [2.24, 2.45) is 5.73 Å². The smallest absolute Gasteiger partial charge is 0.252 e. The molecule has 1 atom stereocenters. The molecule has 0 aliphatic rings. The van der Waals surface area contributed by atoms with Crippen LogP contribution in [0.1, 0.15) is 11.4 Å². The number of hydrogen-bond acceptors (Lipinski definition) is 6. The molecule has 0 saturated carbocycles. The van der Waals surface area contributed by atoms with Crippen LogP contribution in [0, 0.1) is 0 Å². The number of nitrogens with zero attached hydrogens (tertiary/aromatic N) is 6. The number of tetrazole rings is 1. The maximum absolute atomic E-state index is 12.7. The number of nitrogens with one attached hydrogen (secondary N) is 1. The van der Waals surface area contributed by atoms with E-state index in [1.54, 1.807) is 16.8 Å². The Bertz CT molecular complexity index is 1010. The van der Waals surface area contributed by atoms with Crippen molar-refractivity contribution in [3.05, 3.63) is 66.4 Å². The highest BCUT2D eigenvalue weighted by Gasteiger charge is 2.45. The number of imidazole rings is 1. The average molecular weight is 334 g/mol. The highest BCUT2D eigenvalue weighted by molar-refractivity contribution is 5.88. The molecular formula is C16H14N8O. The molecule has 3 aromatic heterocycles. The summed E-state index contributed by atoms with van der Waals surface area (Å²) >= 11 is 0. The van der Waals surface area contributed by atoms with Crippen molar-refractivity contribution in [2.75, 3.05) is 0 Å². The lowest BCUT2D eigenvalue weighted by Crippen LogP contribution is -2.50. The predicted molar refractivity (Wildman–Crippen MR) is 88.1 cm³/mol. The quantitative estimate of drug-likeness (QED) is 0.544. The molecule has 0 bridgehead atoms. The van der Waals surface area contributed by atoms with E-state index < -0.39 is 11.4 Å². The van der Waals surface area contributed by atoms with Gasteiger partial charge in [-0.1, -0.05) is 30.3 Å². The molecule has 25 heavy (non-hydrogen) atoms. The summed E-state index contributed by atoms with van der Waals surface area (Å²) in [5.74, 6) is -0.381. The predicted octanol–water partition coefficient (Wildman–Crippen LogP) is 0.416. The van der Waals surface area contributed by atoms with Crippen molar-refractivity contribution >= 4 is 17.1 Å². The molecule has 0 saturated heterocycles. The van der Waals surface area contributed by atoms with Crippen LogP contribution in [0.2, 0.25) is 0 Å². The summed E-state index contributed by atoms with van der Waals surface area (Å²) in [6, 6.07) is 13.1. The van der Waals surface area contributed by atoms with Gasteiger partial charge in [0.05, 0.1) is 6.33 Å². The first-order chi connectivity index (χ1) is 12.2. The topological polar surface area (TPSA) is 128 Å². The van der Waals surface area contributed by atoms with Crippen LogP contribution in [0.5, 0.6) is 0 Å². The van der Waals surface area contributed by atoms with Crippen molar-refractivity contribution in [3.8, 4) is 0 Å². The molecule has 4 aromatic rings. The summed E-state index contributed by atoms with van der Waals surface area (Å²) in [6.07, 6.45) is 3.42. The molecular weight excluding hydrogens is 320 g/mol. The Morgan fingerprint density at radius 3 is 2.72 bits per heavy atom. The third-order valence-corrected chi connectivity index (χ3v) is 4.17. The van der Waals surface area contributed by atoms with E-state index in [2.05, 4.69) is 30.6 Å². The van der Waals surface area contributed by atoms with E-state index in [9.17, 15) is 4.79 Å². The Morgan fingerprint density at radius 1 is 1.16 bits per heavy atom. The Balaban J connectivity index is 1.99. The number of fused-ring (bicyclic) bond motifs is 1. The number of primary amides is 1. The number of hydrogen-bond donors (Lipinski definition) is 2. The molecule has 9 heteroatoms. The molecule has 0 radical (unpaired) electrons. The second-order valence-corrected chi connectivity index (χ2v) is 5.60. The lowest BCUT2D eigenvalue weighted by Gasteiger charge is -2.29. The molecule has 3 N–H and O–H groups in total. The van der Waals surface area contributed by atoms with E-state index in [4.69, 9.17) is 5.73 Å². The van der Waals surface area contributed by atoms with Crippen molar-refractivity contribution in [1.82, 2.24) is 35.2 Å². The van der Waals surface area contributed by atoms with Crippen LogP contribution < -0.4 is 5.73 Å². The summed E-state index contributed by atoms with van der Waals surface area (Å²) in [6.45, 7) is 0. The molecule has 4 rings (SSSR count). The minimum Gasteiger partial charge on any atom is -0.367 e. The van der Waals surface area contributed by atoms with Gasteiger partial charge in [0.15, 0.2) is 17.0 Å². The van der Waals surface area contributed by atoms with Gasteiger partial charge in [-0.3, -0.25) is 9.36 Å². The summed E-state index contributed by atoms with van der Waals surface area (Å²) in [5, 5.41) is 13.9. The van der Waals surface area contributed by atoms with Gasteiger partial charge in [0.25, 0.3) is 5.91 Å². The lowest BCUT2D eigenvalue weighted by atomic mass is 9.88. The molecule has 1 unspecified atom stereocenters. The second kappa shape index (κ2) is 5.78. The van der Waals surface area contributed by atoms with E-state index in [-0.39, 0.29) is 12.2 Å². The fourth-order valence-corrected chi connectivity index (χ4v) is 2.96. The van der Waals surface area contributed by atoms with Crippen molar-refractivity contribution in [3.63, 3.8) is 0 Å². The summed E-state index contributed by atoms with van der Waals surface area (Å²) in [4.78, 5) is 21.4. The molecule has 3 heterocycles. The van der Waals surface area contributed by atoms with E-state index in [1.807, 2.05) is 36.4 Å². The van der Waals surface area contributed by atoms with Crippen LogP contribution in [-0.4, -0.2) is 41.1 Å². The van der Waals surface area contributed by atoms with Gasteiger partial charge in [-0.25, -0.2) is 15.1 Å². The number of aromatic nitrogens is 7. The number of carbonyl (C=O) groups excluding carboxylic acids is 1. The Hall–Kier alpha value is -3.62. The molecule has 1 amide bonds. The molecule has 0 spiro atoms. The zero-order valence-electron chi connectivity index (χ0n) is 13.1. The van der Waals surface area contributed by atoms with Gasteiger partial charge in [0.2, 0.25) is 0 Å². The highest BCUT2D eigenvalue weighted by Crippen LogP contribution is 2.30. The van der Waals surface area contributed by atoms with Crippen LogP contribution in [0.25, 0.3) is 11.2 Å². The summed E-state index contributed by atoms with van der Waals surface area (Å²) in [7, 11) is 0. The molecule has 9 nitrogen and oxygen atoms in total. The number of amides is 1. The van der Waals surface area contributed by atoms with Gasteiger partial charge >= 0.3 is 0 Å². The van der Waals surface area contributed by atoms with Crippen LogP contribution >= 0.6 is 0 Å². The number of pyridine rings is 1. The number of carbonyl (C=O) groups is 1. The highest BCUT2D eigenvalue weighted by atomic mass is 16.1. The first kappa shape index (κ1) is 14.9. The number of benzene rings is 1. The minimum atomic E-state index is -1.38. The van der Waals surface area contributed by atoms with Gasteiger partial charge in [-0.15, -0.1) is 5.10 Å². The first-order valence-corrected chi connectivity index (χ1v) is 7.58. The van der Waals surface area contributed by atoms with E-state index in [1.165, 1.54) is 6.33 Å². The molecule has 0 aliphatic heterocycles. The maximum Gasteiger partial charge on any atom is 0.252 e. The zero-order chi connectivity index (χ0) is 17.3. The zero-order valence-corrected chi connectivity index (χ0v) is 13.1. The van der Waals surface area contributed by atoms with Gasteiger partial charge in [-0.2, -0.15) is 0 Å². The van der Waals surface area contributed by atoms with Crippen LogP contribution in [0.4, 0.5) is 0 Å². The Morgan fingerprint density at radius 2 is 2.00 bits per heavy atom. The minimum absolute atomic E-state index is 0.230. The monoisotopic (exact) mass is 334 g/mol. The van der Waals surface area contributed by atoms with Crippen LogP contribution in [-0.2, 0) is 16.8 Å². The molecule has 124 valence electrons. The third-order valence-electron chi connectivity index (χ3n) is 4.17. The van der Waals surface area contributed by atoms with Gasteiger partial charge in [0, 0.05) is 12.6 Å². The van der Waals surface area contributed by atoms with Crippen LogP contribution in [0.15, 0.2) is 55.0 Å². The van der Waals surface area contributed by atoms with Gasteiger partial charge < -0.3 is 5.73 Å². The normalized spacial score (nSPS) is 13.6. The Kier molecular flexibility index (Phi) is 3.46. The summed E-state index contributed by atoms with van der Waals surface area (Å²) < 4.78 is 1.62. The SMILES string of the molecule is NC(=O)C(Cc1ccccc1)(c1nnn[nH]1)n1cnc2cccnc21. The standard InChI is InChI=1S/C16H14N8O/c17-14(25)16(15-20-22-23-21-15,9-11-5-2-1-3-6-11)24-10-19-12-7-4-8-18-13(12)24/h1-8,10H,9H2,(H2,17,25)(H,20,21,22,23). The molecule has 0 fully saturated rings. The van der Waals surface area contributed by atoms with E-state index in [0.717, 1.165) is 5.56 Å². The van der Waals surface area contributed by atoms with Crippen molar-refractivity contribution in [1.29, 1.82) is 0 Å². The average Bonchev–Trinajstić information content (AvgIpc) is 3.31. The summed E-state index contributed by atoms with van der Waals surface area (Å²) in [5.41, 5.74) is 6.55. The van der Waals surface area contributed by atoms with Crippen LogP contribution in [0.3, 0.4) is 0 Å². The molecule has 1 aromatic carbocycles. The number of H-pyrrole nitrogens is 1.